The third-order valence-corrected chi connectivity index (χ3v) is 3.36. The highest BCUT2D eigenvalue weighted by atomic mass is 16.5. The number of hydrogen-bond acceptors (Lipinski definition) is 3. The minimum atomic E-state index is 0.623. The normalized spacial score (nSPS) is 10.3. The van der Waals surface area contributed by atoms with E-state index in [1.165, 1.54) is 11.1 Å². The maximum absolute atomic E-state index is 5.17. The number of anilines is 2. The van der Waals surface area contributed by atoms with Gasteiger partial charge >= 0.3 is 0 Å². The molecular weight excluding hydrogens is 236 g/mol. The molecule has 1 aromatic carbocycles. The quantitative estimate of drug-likeness (QED) is 0.897. The molecule has 3 heteroatoms. The first-order valence-corrected chi connectivity index (χ1v) is 6.52. The number of pyridine rings is 1. The van der Waals surface area contributed by atoms with Crippen LogP contribution in [0.1, 0.15) is 23.6 Å². The van der Waals surface area contributed by atoms with E-state index in [2.05, 4.69) is 42.3 Å². The lowest BCUT2D eigenvalue weighted by Gasteiger charge is -2.14. The first-order chi connectivity index (χ1) is 9.15. The number of rotatable bonds is 4. The molecule has 0 atom stereocenters. The van der Waals surface area contributed by atoms with Crippen molar-refractivity contribution in [3.05, 3.63) is 47.0 Å². The Kier molecular flexibility index (Phi) is 4.05. The smallest absolute Gasteiger partial charge is 0.214 e. The van der Waals surface area contributed by atoms with Crippen LogP contribution in [0, 0.1) is 13.8 Å². The van der Waals surface area contributed by atoms with Crippen LogP contribution in [0.15, 0.2) is 30.3 Å². The highest BCUT2D eigenvalue weighted by Gasteiger charge is 2.06. The Bertz CT molecular complexity index is 579. The number of aryl methyl sites for hydroxylation is 2. The number of methoxy groups -OCH3 is 1. The molecule has 0 spiro atoms. The Morgan fingerprint density at radius 2 is 1.95 bits per heavy atom. The molecule has 0 amide bonds. The van der Waals surface area contributed by atoms with Gasteiger partial charge in [0, 0.05) is 11.8 Å². The van der Waals surface area contributed by atoms with E-state index < -0.39 is 0 Å². The highest BCUT2D eigenvalue weighted by Crippen LogP contribution is 2.25. The predicted molar refractivity (Wildman–Crippen MR) is 79.4 cm³/mol. The van der Waals surface area contributed by atoms with Crippen molar-refractivity contribution in [2.24, 2.45) is 0 Å². The van der Waals surface area contributed by atoms with Gasteiger partial charge in [-0.2, -0.15) is 4.98 Å². The molecule has 0 aliphatic carbocycles. The second kappa shape index (κ2) is 5.74. The minimum Gasteiger partial charge on any atom is -0.481 e. The lowest BCUT2D eigenvalue weighted by molar-refractivity contribution is 0.398. The van der Waals surface area contributed by atoms with Crippen LogP contribution < -0.4 is 10.1 Å². The van der Waals surface area contributed by atoms with Crippen LogP contribution in [-0.4, -0.2) is 12.1 Å². The van der Waals surface area contributed by atoms with Crippen molar-refractivity contribution in [1.82, 2.24) is 4.98 Å². The molecule has 1 aromatic heterocycles. The van der Waals surface area contributed by atoms with E-state index in [1.807, 2.05) is 19.1 Å². The molecular formula is C16H20N2O. The van der Waals surface area contributed by atoms with E-state index in [0.29, 0.717) is 5.88 Å². The largest absolute Gasteiger partial charge is 0.481 e. The van der Waals surface area contributed by atoms with Gasteiger partial charge in [-0.15, -0.1) is 0 Å². The standard InChI is InChI=1S/C16H20N2O/c1-5-13-7-6-8-14(12(13)3)17-16-11(2)9-10-15(18-16)19-4/h6-10H,5H2,1-4H3,(H,17,18). The fourth-order valence-electron chi connectivity index (χ4n) is 2.08. The van der Waals surface area contributed by atoms with Crippen molar-refractivity contribution in [2.75, 3.05) is 12.4 Å². The molecule has 100 valence electrons. The van der Waals surface area contributed by atoms with Gasteiger partial charge in [-0.05, 0) is 43.0 Å². The maximum Gasteiger partial charge on any atom is 0.214 e. The van der Waals surface area contributed by atoms with Crippen molar-refractivity contribution in [1.29, 1.82) is 0 Å². The van der Waals surface area contributed by atoms with Gasteiger partial charge in [0.25, 0.3) is 0 Å². The molecule has 0 aliphatic rings. The van der Waals surface area contributed by atoms with E-state index in [1.54, 1.807) is 7.11 Å². The monoisotopic (exact) mass is 256 g/mol. The van der Waals surface area contributed by atoms with Gasteiger partial charge in [-0.3, -0.25) is 0 Å². The number of benzene rings is 1. The summed E-state index contributed by atoms with van der Waals surface area (Å²) in [6, 6.07) is 10.2. The summed E-state index contributed by atoms with van der Waals surface area (Å²) < 4.78 is 5.17. The molecule has 2 rings (SSSR count). The van der Waals surface area contributed by atoms with Crippen LogP contribution >= 0.6 is 0 Å². The van der Waals surface area contributed by atoms with Crippen LogP contribution in [0.3, 0.4) is 0 Å². The van der Waals surface area contributed by atoms with E-state index in [-0.39, 0.29) is 0 Å². The molecule has 0 saturated carbocycles. The Hall–Kier alpha value is -2.03. The summed E-state index contributed by atoms with van der Waals surface area (Å²) >= 11 is 0. The molecule has 0 aliphatic heterocycles. The topological polar surface area (TPSA) is 34.2 Å². The van der Waals surface area contributed by atoms with E-state index in [4.69, 9.17) is 4.74 Å². The molecule has 0 unspecified atom stereocenters. The number of hydrogen-bond donors (Lipinski definition) is 1. The Morgan fingerprint density at radius 3 is 2.63 bits per heavy atom. The average Bonchev–Trinajstić information content (AvgIpc) is 2.43. The fraction of sp³-hybridized carbons (Fsp3) is 0.312. The molecule has 19 heavy (non-hydrogen) atoms. The molecule has 2 aromatic rings. The summed E-state index contributed by atoms with van der Waals surface area (Å²) in [7, 11) is 1.63. The molecule has 1 heterocycles. The number of nitrogens with one attached hydrogen (secondary N) is 1. The van der Waals surface area contributed by atoms with Gasteiger partial charge in [-0.25, -0.2) is 0 Å². The molecule has 3 nitrogen and oxygen atoms in total. The van der Waals surface area contributed by atoms with Crippen LogP contribution in [-0.2, 0) is 6.42 Å². The summed E-state index contributed by atoms with van der Waals surface area (Å²) in [5.41, 5.74) is 4.82. The Morgan fingerprint density at radius 1 is 1.16 bits per heavy atom. The Balaban J connectivity index is 2.36. The maximum atomic E-state index is 5.17. The van der Waals surface area contributed by atoms with Crippen molar-refractivity contribution < 1.29 is 4.74 Å². The van der Waals surface area contributed by atoms with E-state index in [9.17, 15) is 0 Å². The van der Waals surface area contributed by atoms with Crippen LogP contribution in [0.4, 0.5) is 11.5 Å². The van der Waals surface area contributed by atoms with Gasteiger partial charge in [0.2, 0.25) is 5.88 Å². The first kappa shape index (κ1) is 13.4. The van der Waals surface area contributed by atoms with Crippen molar-refractivity contribution in [2.45, 2.75) is 27.2 Å². The minimum absolute atomic E-state index is 0.623. The third-order valence-electron chi connectivity index (χ3n) is 3.36. The summed E-state index contributed by atoms with van der Waals surface area (Å²) in [6.07, 6.45) is 1.03. The zero-order chi connectivity index (χ0) is 13.8. The van der Waals surface area contributed by atoms with Gasteiger partial charge in [0.15, 0.2) is 0 Å². The summed E-state index contributed by atoms with van der Waals surface area (Å²) in [4.78, 5) is 4.45. The zero-order valence-corrected chi connectivity index (χ0v) is 11.9. The molecule has 0 fully saturated rings. The van der Waals surface area contributed by atoms with Gasteiger partial charge in [0.05, 0.1) is 7.11 Å². The highest BCUT2D eigenvalue weighted by molar-refractivity contribution is 5.64. The second-order valence-corrected chi connectivity index (χ2v) is 4.59. The summed E-state index contributed by atoms with van der Waals surface area (Å²) in [6.45, 7) is 6.34. The molecule has 0 radical (unpaired) electrons. The summed E-state index contributed by atoms with van der Waals surface area (Å²) in [5, 5.41) is 3.40. The van der Waals surface area contributed by atoms with Crippen molar-refractivity contribution >= 4 is 11.5 Å². The molecule has 1 N–H and O–H groups in total. The van der Waals surface area contributed by atoms with Crippen LogP contribution in [0.25, 0.3) is 0 Å². The fourth-order valence-corrected chi connectivity index (χ4v) is 2.08. The van der Waals surface area contributed by atoms with Gasteiger partial charge in [-0.1, -0.05) is 25.1 Å². The van der Waals surface area contributed by atoms with Gasteiger partial charge < -0.3 is 10.1 Å². The van der Waals surface area contributed by atoms with E-state index in [0.717, 1.165) is 23.5 Å². The number of aromatic nitrogens is 1. The lowest BCUT2D eigenvalue weighted by atomic mass is 10.0. The van der Waals surface area contributed by atoms with E-state index >= 15 is 0 Å². The van der Waals surface area contributed by atoms with Gasteiger partial charge in [0.1, 0.15) is 5.82 Å². The SMILES string of the molecule is CCc1cccc(Nc2nc(OC)ccc2C)c1C. The Labute approximate surface area is 114 Å². The number of ether oxygens (including phenoxy) is 1. The zero-order valence-electron chi connectivity index (χ0n) is 11.9. The second-order valence-electron chi connectivity index (χ2n) is 4.59. The third kappa shape index (κ3) is 2.87. The average molecular weight is 256 g/mol. The number of nitrogens with zero attached hydrogens (tertiary/aromatic N) is 1. The van der Waals surface area contributed by atoms with Crippen LogP contribution in [0.2, 0.25) is 0 Å². The first-order valence-electron chi connectivity index (χ1n) is 6.52. The van der Waals surface area contributed by atoms with Crippen molar-refractivity contribution in [3.8, 4) is 5.88 Å². The predicted octanol–water partition coefficient (Wildman–Crippen LogP) is 4.01. The molecule has 0 bridgehead atoms. The molecule has 0 saturated heterocycles. The summed E-state index contributed by atoms with van der Waals surface area (Å²) in [5.74, 6) is 1.47. The van der Waals surface area contributed by atoms with Crippen molar-refractivity contribution in [3.63, 3.8) is 0 Å². The van der Waals surface area contributed by atoms with Crippen LogP contribution in [0.5, 0.6) is 5.88 Å². The lowest BCUT2D eigenvalue weighted by Crippen LogP contribution is -2.01.